The molecule has 0 fully saturated rings. The van der Waals surface area contributed by atoms with E-state index in [1.165, 1.54) is 12.1 Å². The highest BCUT2D eigenvalue weighted by Gasteiger charge is 2.23. The van der Waals surface area contributed by atoms with Crippen LogP contribution in [0.4, 0.5) is 4.39 Å². The summed E-state index contributed by atoms with van der Waals surface area (Å²) in [5.41, 5.74) is 1.51. The molecule has 4 heteroatoms. The lowest BCUT2D eigenvalue weighted by atomic mass is 9.84. The molecule has 0 spiro atoms. The molecule has 3 nitrogen and oxygen atoms in total. The standard InChI is InChI=1S/C20H24FNO2/c1-15(24-13-16-8-5-4-6-9-16)19(23)22-14-20(2,3)17-10-7-11-18(21)12-17/h4-12,15H,13-14H2,1-3H3,(H,22,23). The van der Waals surface area contributed by atoms with Crippen LogP contribution < -0.4 is 5.32 Å². The quantitative estimate of drug-likeness (QED) is 0.838. The summed E-state index contributed by atoms with van der Waals surface area (Å²) in [4.78, 5) is 12.2. The number of carbonyl (C=O) groups is 1. The number of hydrogen-bond donors (Lipinski definition) is 1. The number of amides is 1. The molecule has 0 saturated heterocycles. The molecular formula is C20H24FNO2. The van der Waals surface area contributed by atoms with Crippen molar-refractivity contribution < 1.29 is 13.9 Å². The zero-order chi connectivity index (χ0) is 17.6. The van der Waals surface area contributed by atoms with Crippen LogP contribution in [0, 0.1) is 5.82 Å². The molecule has 1 N–H and O–H groups in total. The van der Waals surface area contributed by atoms with E-state index in [-0.39, 0.29) is 17.1 Å². The summed E-state index contributed by atoms with van der Waals surface area (Å²) in [6.07, 6.45) is -0.548. The molecule has 0 aliphatic rings. The van der Waals surface area contributed by atoms with E-state index < -0.39 is 6.10 Å². The minimum absolute atomic E-state index is 0.171. The first kappa shape index (κ1) is 18.1. The minimum atomic E-state index is -0.548. The van der Waals surface area contributed by atoms with Gasteiger partial charge in [0.2, 0.25) is 5.91 Å². The zero-order valence-electron chi connectivity index (χ0n) is 14.4. The highest BCUT2D eigenvalue weighted by atomic mass is 19.1. The SMILES string of the molecule is CC(OCc1ccccc1)C(=O)NCC(C)(C)c1cccc(F)c1. The van der Waals surface area contributed by atoms with Crippen molar-refractivity contribution in [1.29, 1.82) is 0 Å². The van der Waals surface area contributed by atoms with Gasteiger partial charge in [-0.15, -0.1) is 0 Å². The second-order valence-electron chi connectivity index (χ2n) is 6.55. The summed E-state index contributed by atoms with van der Waals surface area (Å²) in [6.45, 7) is 6.47. The van der Waals surface area contributed by atoms with Gasteiger partial charge in [-0.1, -0.05) is 56.3 Å². The summed E-state index contributed by atoms with van der Waals surface area (Å²) in [5.74, 6) is -0.443. The van der Waals surface area contributed by atoms with E-state index in [9.17, 15) is 9.18 Å². The maximum Gasteiger partial charge on any atom is 0.248 e. The topological polar surface area (TPSA) is 38.3 Å². The van der Waals surface area contributed by atoms with E-state index >= 15 is 0 Å². The molecule has 0 radical (unpaired) electrons. The Balaban J connectivity index is 1.85. The van der Waals surface area contributed by atoms with Crippen molar-refractivity contribution in [2.24, 2.45) is 0 Å². The fourth-order valence-electron chi connectivity index (χ4n) is 2.33. The molecule has 1 atom stereocenters. The molecule has 0 heterocycles. The summed E-state index contributed by atoms with van der Waals surface area (Å²) in [7, 11) is 0. The smallest absolute Gasteiger partial charge is 0.248 e. The van der Waals surface area contributed by atoms with Crippen LogP contribution in [0.2, 0.25) is 0 Å². The Kier molecular flexibility index (Phi) is 6.10. The molecule has 2 aromatic rings. The van der Waals surface area contributed by atoms with Crippen LogP contribution in [0.25, 0.3) is 0 Å². The number of nitrogens with one attached hydrogen (secondary N) is 1. The van der Waals surface area contributed by atoms with Crippen LogP contribution >= 0.6 is 0 Å². The van der Waals surface area contributed by atoms with Gasteiger partial charge in [0.15, 0.2) is 0 Å². The summed E-state index contributed by atoms with van der Waals surface area (Å²) in [5, 5.41) is 2.89. The Bertz CT molecular complexity index is 670. The van der Waals surface area contributed by atoms with Crippen LogP contribution in [0.15, 0.2) is 54.6 Å². The summed E-state index contributed by atoms with van der Waals surface area (Å²) >= 11 is 0. The Labute approximate surface area is 142 Å². The van der Waals surface area contributed by atoms with Gasteiger partial charge in [-0.25, -0.2) is 4.39 Å². The van der Waals surface area contributed by atoms with Crippen LogP contribution in [0.1, 0.15) is 31.9 Å². The molecule has 0 aromatic heterocycles. The highest BCUT2D eigenvalue weighted by molar-refractivity contribution is 5.80. The first-order chi connectivity index (χ1) is 11.4. The second-order valence-corrected chi connectivity index (χ2v) is 6.55. The minimum Gasteiger partial charge on any atom is -0.364 e. The number of rotatable bonds is 7. The number of ether oxygens (including phenoxy) is 1. The van der Waals surface area contributed by atoms with E-state index in [4.69, 9.17) is 4.74 Å². The molecule has 2 aromatic carbocycles. The third kappa shape index (κ3) is 5.17. The Morgan fingerprint density at radius 2 is 1.88 bits per heavy atom. The molecule has 0 saturated carbocycles. The van der Waals surface area contributed by atoms with Gasteiger partial charge in [-0.2, -0.15) is 0 Å². The molecule has 1 unspecified atom stereocenters. The molecule has 2 rings (SSSR count). The third-order valence-corrected chi connectivity index (χ3v) is 4.02. The molecule has 24 heavy (non-hydrogen) atoms. The summed E-state index contributed by atoms with van der Waals surface area (Å²) in [6, 6.07) is 16.2. The van der Waals surface area contributed by atoms with Crippen LogP contribution in [0.3, 0.4) is 0 Å². The van der Waals surface area contributed by atoms with Gasteiger partial charge in [-0.3, -0.25) is 4.79 Å². The molecule has 1 amide bonds. The van der Waals surface area contributed by atoms with Crippen LogP contribution in [-0.4, -0.2) is 18.6 Å². The second kappa shape index (κ2) is 8.06. The normalized spacial score (nSPS) is 12.7. The van der Waals surface area contributed by atoms with Crippen molar-refractivity contribution >= 4 is 5.91 Å². The van der Waals surface area contributed by atoms with Gasteiger partial charge in [0.1, 0.15) is 11.9 Å². The van der Waals surface area contributed by atoms with Crippen molar-refractivity contribution in [3.63, 3.8) is 0 Å². The largest absolute Gasteiger partial charge is 0.364 e. The van der Waals surface area contributed by atoms with Crippen LogP contribution in [0.5, 0.6) is 0 Å². The predicted octanol–water partition coefficient (Wildman–Crippen LogP) is 3.82. The fraction of sp³-hybridized carbons (Fsp3) is 0.350. The van der Waals surface area contributed by atoms with Crippen molar-refractivity contribution in [3.8, 4) is 0 Å². The molecule has 0 aliphatic heterocycles. The lowest BCUT2D eigenvalue weighted by Crippen LogP contribution is -2.41. The fourth-order valence-corrected chi connectivity index (χ4v) is 2.33. The maximum atomic E-state index is 13.4. The average Bonchev–Trinajstić information content (AvgIpc) is 2.58. The van der Waals surface area contributed by atoms with Crippen LogP contribution in [-0.2, 0) is 21.6 Å². The van der Waals surface area contributed by atoms with E-state index in [2.05, 4.69) is 5.32 Å². The number of hydrogen-bond acceptors (Lipinski definition) is 2. The van der Waals surface area contributed by atoms with Gasteiger partial charge in [0, 0.05) is 12.0 Å². The van der Waals surface area contributed by atoms with E-state index in [0.29, 0.717) is 13.2 Å². The van der Waals surface area contributed by atoms with E-state index in [0.717, 1.165) is 11.1 Å². The molecular weight excluding hydrogens is 305 g/mol. The van der Waals surface area contributed by atoms with E-state index in [1.54, 1.807) is 13.0 Å². The van der Waals surface area contributed by atoms with Crippen molar-refractivity contribution in [3.05, 3.63) is 71.5 Å². The first-order valence-electron chi connectivity index (χ1n) is 8.08. The number of benzene rings is 2. The Hall–Kier alpha value is -2.20. The van der Waals surface area contributed by atoms with Gasteiger partial charge in [0.25, 0.3) is 0 Å². The van der Waals surface area contributed by atoms with Gasteiger partial charge >= 0.3 is 0 Å². The number of halogens is 1. The Morgan fingerprint density at radius 3 is 2.54 bits per heavy atom. The summed E-state index contributed by atoms with van der Waals surface area (Å²) < 4.78 is 19.0. The number of carbonyl (C=O) groups excluding carboxylic acids is 1. The van der Waals surface area contributed by atoms with Gasteiger partial charge < -0.3 is 10.1 Å². The third-order valence-electron chi connectivity index (χ3n) is 4.02. The molecule has 128 valence electrons. The first-order valence-corrected chi connectivity index (χ1v) is 8.08. The zero-order valence-corrected chi connectivity index (χ0v) is 14.4. The molecule has 0 bridgehead atoms. The maximum absolute atomic E-state index is 13.4. The highest BCUT2D eigenvalue weighted by Crippen LogP contribution is 2.22. The van der Waals surface area contributed by atoms with Crippen molar-refractivity contribution in [2.75, 3.05) is 6.54 Å². The van der Waals surface area contributed by atoms with Gasteiger partial charge in [-0.05, 0) is 30.2 Å². The lowest BCUT2D eigenvalue weighted by Gasteiger charge is -2.26. The predicted molar refractivity (Wildman–Crippen MR) is 93.1 cm³/mol. The Morgan fingerprint density at radius 1 is 1.17 bits per heavy atom. The van der Waals surface area contributed by atoms with Gasteiger partial charge in [0.05, 0.1) is 6.61 Å². The van der Waals surface area contributed by atoms with E-state index in [1.807, 2.05) is 50.2 Å². The van der Waals surface area contributed by atoms with Crippen molar-refractivity contribution in [1.82, 2.24) is 5.32 Å². The molecule has 0 aliphatic carbocycles. The lowest BCUT2D eigenvalue weighted by molar-refractivity contribution is -0.132. The monoisotopic (exact) mass is 329 g/mol. The average molecular weight is 329 g/mol. The van der Waals surface area contributed by atoms with Crippen molar-refractivity contribution in [2.45, 2.75) is 38.9 Å².